The van der Waals surface area contributed by atoms with E-state index in [1.54, 1.807) is 22.6 Å². The van der Waals surface area contributed by atoms with Crippen molar-refractivity contribution in [3.63, 3.8) is 0 Å². The number of hydrogen-bond acceptors (Lipinski definition) is 2. The Morgan fingerprint density at radius 2 is 1.80 bits per heavy atom. The molecule has 0 aliphatic heterocycles. The second-order valence-electron chi connectivity index (χ2n) is 4.39. The van der Waals surface area contributed by atoms with Gasteiger partial charge < -0.3 is 11.1 Å². The molecule has 0 radical (unpaired) electrons. The Hall–Kier alpha value is -0.470. The third kappa shape index (κ3) is 4.26. The molecule has 0 spiro atoms. The van der Waals surface area contributed by atoms with Gasteiger partial charge >= 0.3 is 0 Å². The fraction of sp³-hybridized carbons (Fsp3) is 0.462. The van der Waals surface area contributed by atoms with Gasteiger partial charge in [0.1, 0.15) is 0 Å². The number of carbonyl (C=O) groups excluding carboxylic acids is 1. The zero-order chi connectivity index (χ0) is 14.6. The smallest absolute Gasteiger partial charge is 0.252 e. The van der Waals surface area contributed by atoms with Crippen LogP contribution in [0.25, 0.3) is 0 Å². The highest BCUT2D eigenvalue weighted by molar-refractivity contribution is 14.1. The highest BCUT2D eigenvalue weighted by atomic mass is 127. The van der Waals surface area contributed by atoms with Crippen molar-refractivity contribution in [2.24, 2.45) is 5.73 Å². The summed E-state index contributed by atoms with van der Waals surface area (Å²) in [6, 6.07) is 1.92. The van der Waals surface area contributed by atoms with Gasteiger partial charge in [0.2, 0.25) is 0 Å². The SMILES string of the molecule is CCC(CC)(CN)NC(=O)c1cc(F)c(F)cc1I.Cl. The van der Waals surface area contributed by atoms with Crippen LogP contribution in [0.2, 0.25) is 0 Å². The minimum absolute atomic E-state index is 0. The van der Waals surface area contributed by atoms with E-state index in [4.69, 9.17) is 5.73 Å². The van der Waals surface area contributed by atoms with E-state index in [-0.39, 0.29) is 18.0 Å². The van der Waals surface area contributed by atoms with Crippen molar-refractivity contribution in [2.75, 3.05) is 6.54 Å². The van der Waals surface area contributed by atoms with Gasteiger partial charge in [-0.15, -0.1) is 12.4 Å². The zero-order valence-corrected chi connectivity index (χ0v) is 14.3. The summed E-state index contributed by atoms with van der Waals surface area (Å²) in [5.74, 6) is -2.42. The van der Waals surface area contributed by atoms with E-state index in [0.29, 0.717) is 23.0 Å². The molecule has 0 unspecified atom stereocenters. The first-order valence-electron chi connectivity index (χ1n) is 6.06. The Kier molecular flexibility index (Phi) is 7.90. The Balaban J connectivity index is 0.00000361. The predicted molar refractivity (Wildman–Crippen MR) is 86.2 cm³/mol. The summed E-state index contributed by atoms with van der Waals surface area (Å²) in [6.07, 6.45) is 1.35. The molecule has 3 nitrogen and oxygen atoms in total. The van der Waals surface area contributed by atoms with Gasteiger partial charge in [-0.1, -0.05) is 13.8 Å². The normalized spacial score (nSPS) is 10.9. The first-order chi connectivity index (χ1) is 8.89. The summed E-state index contributed by atoms with van der Waals surface area (Å²) in [7, 11) is 0. The van der Waals surface area contributed by atoms with Gasteiger partial charge in [0.15, 0.2) is 11.6 Å². The summed E-state index contributed by atoms with van der Waals surface area (Å²) in [5.41, 5.74) is 5.31. The van der Waals surface area contributed by atoms with Crippen LogP contribution in [0.15, 0.2) is 12.1 Å². The van der Waals surface area contributed by atoms with E-state index in [1.807, 2.05) is 13.8 Å². The van der Waals surface area contributed by atoms with Crippen molar-refractivity contribution in [1.82, 2.24) is 5.32 Å². The van der Waals surface area contributed by atoms with Crippen molar-refractivity contribution in [3.8, 4) is 0 Å². The monoisotopic (exact) mass is 418 g/mol. The minimum atomic E-state index is -1.03. The lowest BCUT2D eigenvalue weighted by Crippen LogP contribution is -2.53. The van der Waals surface area contributed by atoms with Crippen molar-refractivity contribution < 1.29 is 13.6 Å². The molecule has 20 heavy (non-hydrogen) atoms. The van der Waals surface area contributed by atoms with Crippen LogP contribution in [-0.2, 0) is 0 Å². The molecule has 0 fully saturated rings. The van der Waals surface area contributed by atoms with Gasteiger partial charge in [0, 0.05) is 10.1 Å². The number of amides is 1. The van der Waals surface area contributed by atoms with Crippen molar-refractivity contribution in [3.05, 3.63) is 32.9 Å². The Bertz CT molecular complexity index is 473. The lowest BCUT2D eigenvalue weighted by molar-refractivity contribution is 0.0893. The molecule has 0 aliphatic carbocycles. The number of hydrogen-bond donors (Lipinski definition) is 2. The van der Waals surface area contributed by atoms with E-state index in [1.165, 1.54) is 0 Å². The summed E-state index contributed by atoms with van der Waals surface area (Å²) in [5, 5.41) is 2.83. The molecule has 0 saturated heterocycles. The van der Waals surface area contributed by atoms with E-state index < -0.39 is 23.1 Å². The fourth-order valence-electron chi connectivity index (χ4n) is 1.77. The van der Waals surface area contributed by atoms with Gasteiger partial charge in [-0.25, -0.2) is 8.78 Å². The molecule has 0 atom stereocenters. The Morgan fingerprint density at radius 1 is 1.30 bits per heavy atom. The van der Waals surface area contributed by atoms with Crippen LogP contribution in [0, 0.1) is 15.2 Å². The second-order valence-corrected chi connectivity index (χ2v) is 5.55. The van der Waals surface area contributed by atoms with Gasteiger partial charge in [0.25, 0.3) is 5.91 Å². The molecular weight excluding hydrogens is 401 g/mol. The molecule has 1 aromatic carbocycles. The summed E-state index contributed by atoms with van der Waals surface area (Å²) >= 11 is 1.81. The van der Waals surface area contributed by atoms with Gasteiger partial charge in [-0.3, -0.25) is 4.79 Å². The Morgan fingerprint density at radius 3 is 2.25 bits per heavy atom. The molecule has 0 saturated carbocycles. The predicted octanol–water partition coefficient (Wildman–Crippen LogP) is 3.24. The van der Waals surface area contributed by atoms with Crippen LogP contribution in [0.5, 0.6) is 0 Å². The summed E-state index contributed by atoms with van der Waals surface area (Å²) < 4.78 is 26.6. The van der Waals surface area contributed by atoms with Crippen LogP contribution < -0.4 is 11.1 Å². The van der Waals surface area contributed by atoms with Crippen molar-refractivity contribution in [2.45, 2.75) is 32.2 Å². The average Bonchev–Trinajstić information content (AvgIpc) is 2.40. The van der Waals surface area contributed by atoms with E-state index in [9.17, 15) is 13.6 Å². The average molecular weight is 419 g/mol. The number of nitrogens with one attached hydrogen (secondary N) is 1. The van der Waals surface area contributed by atoms with Gasteiger partial charge in [-0.2, -0.15) is 0 Å². The van der Waals surface area contributed by atoms with E-state index in [2.05, 4.69) is 5.32 Å². The highest BCUT2D eigenvalue weighted by Crippen LogP contribution is 2.20. The quantitative estimate of drug-likeness (QED) is 0.570. The van der Waals surface area contributed by atoms with Crippen LogP contribution in [0.3, 0.4) is 0 Å². The number of halogens is 4. The minimum Gasteiger partial charge on any atom is -0.345 e. The highest BCUT2D eigenvalue weighted by Gasteiger charge is 2.27. The third-order valence-electron chi connectivity index (χ3n) is 3.38. The maximum atomic E-state index is 13.2. The topological polar surface area (TPSA) is 55.1 Å². The van der Waals surface area contributed by atoms with Crippen LogP contribution in [0.4, 0.5) is 8.78 Å². The zero-order valence-electron chi connectivity index (χ0n) is 11.3. The van der Waals surface area contributed by atoms with Gasteiger partial charge in [-0.05, 0) is 47.6 Å². The molecule has 0 heterocycles. The second kappa shape index (κ2) is 8.09. The number of nitrogens with two attached hydrogens (primary N) is 1. The van der Waals surface area contributed by atoms with E-state index in [0.717, 1.165) is 12.1 Å². The number of rotatable bonds is 5. The Labute approximate surface area is 137 Å². The number of benzene rings is 1. The first kappa shape index (κ1) is 19.5. The van der Waals surface area contributed by atoms with Crippen LogP contribution >= 0.6 is 35.0 Å². The largest absolute Gasteiger partial charge is 0.345 e. The van der Waals surface area contributed by atoms with E-state index >= 15 is 0 Å². The molecule has 0 aromatic heterocycles. The fourth-order valence-corrected chi connectivity index (χ4v) is 2.45. The molecule has 114 valence electrons. The van der Waals surface area contributed by atoms with Crippen LogP contribution in [-0.4, -0.2) is 18.0 Å². The lowest BCUT2D eigenvalue weighted by atomic mass is 9.92. The molecule has 3 N–H and O–H groups in total. The first-order valence-corrected chi connectivity index (χ1v) is 7.14. The molecule has 1 aromatic rings. The maximum Gasteiger partial charge on any atom is 0.252 e. The number of carbonyl (C=O) groups is 1. The van der Waals surface area contributed by atoms with Crippen molar-refractivity contribution in [1.29, 1.82) is 0 Å². The van der Waals surface area contributed by atoms with Crippen molar-refractivity contribution >= 4 is 40.9 Å². The molecule has 1 rings (SSSR count). The summed E-state index contributed by atoms with van der Waals surface area (Å²) in [6.45, 7) is 4.14. The van der Waals surface area contributed by atoms with Gasteiger partial charge in [0.05, 0.1) is 11.1 Å². The third-order valence-corrected chi connectivity index (χ3v) is 4.27. The maximum absolute atomic E-state index is 13.2. The molecule has 0 aliphatic rings. The molecule has 0 bridgehead atoms. The lowest BCUT2D eigenvalue weighted by Gasteiger charge is -2.31. The van der Waals surface area contributed by atoms with Crippen LogP contribution in [0.1, 0.15) is 37.0 Å². The molecule has 1 amide bonds. The molecule has 7 heteroatoms. The summed E-state index contributed by atoms with van der Waals surface area (Å²) in [4.78, 5) is 12.2. The molecular formula is C13H18ClF2IN2O. The standard InChI is InChI=1S/C13H17F2IN2O.ClH/c1-3-13(4-2,7-17)18-12(19)8-5-9(14)10(15)6-11(8)16;/h5-6H,3-4,7,17H2,1-2H3,(H,18,19);1H.